The summed E-state index contributed by atoms with van der Waals surface area (Å²) in [6.07, 6.45) is 2.44. The first kappa shape index (κ1) is 14.1. The number of thiocarbonyl (C=S) groups is 1. The van der Waals surface area contributed by atoms with Crippen molar-refractivity contribution in [1.29, 1.82) is 0 Å². The van der Waals surface area contributed by atoms with Gasteiger partial charge in [0.2, 0.25) is 5.95 Å². The van der Waals surface area contributed by atoms with Crippen LogP contribution >= 0.6 is 12.2 Å². The second-order valence-corrected chi connectivity index (χ2v) is 5.84. The van der Waals surface area contributed by atoms with Crippen molar-refractivity contribution in [2.24, 2.45) is 5.73 Å². The molecular formula is C13H20N4OS. The zero-order valence-corrected chi connectivity index (χ0v) is 12.2. The SMILES string of the molecule is Cc1cc(C(N)=S)nc(N2CCCC(C)(O)CC2)n1. The first-order chi connectivity index (χ1) is 8.87. The summed E-state index contributed by atoms with van der Waals surface area (Å²) in [6, 6.07) is 1.79. The van der Waals surface area contributed by atoms with Crippen LogP contribution in [0.2, 0.25) is 0 Å². The second-order valence-electron chi connectivity index (χ2n) is 5.40. The van der Waals surface area contributed by atoms with Crippen molar-refractivity contribution in [3.63, 3.8) is 0 Å². The van der Waals surface area contributed by atoms with E-state index in [9.17, 15) is 5.11 Å². The first-order valence-corrected chi connectivity index (χ1v) is 6.91. The lowest BCUT2D eigenvalue weighted by Crippen LogP contribution is -2.30. The topological polar surface area (TPSA) is 75.3 Å². The maximum absolute atomic E-state index is 10.1. The minimum Gasteiger partial charge on any atom is -0.390 e. The molecule has 2 heterocycles. The minimum absolute atomic E-state index is 0.286. The summed E-state index contributed by atoms with van der Waals surface area (Å²) in [5.41, 5.74) is 6.50. The quantitative estimate of drug-likeness (QED) is 0.792. The average molecular weight is 280 g/mol. The molecule has 104 valence electrons. The van der Waals surface area contributed by atoms with Crippen molar-refractivity contribution in [3.05, 3.63) is 17.5 Å². The number of aromatic nitrogens is 2. The third-order valence-electron chi connectivity index (χ3n) is 3.44. The Morgan fingerprint density at radius 1 is 1.42 bits per heavy atom. The van der Waals surface area contributed by atoms with E-state index < -0.39 is 5.60 Å². The van der Waals surface area contributed by atoms with E-state index >= 15 is 0 Å². The number of rotatable bonds is 2. The smallest absolute Gasteiger partial charge is 0.226 e. The number of hydrogen-bond acceptors (Lipinski definition) is 5. The van der Waals surface area contributed by atoms with E-state index in [1.54, 1.807) is 6.07 Å². The number of aliphatic hydroxyl groups is 1. The summed E-state index contributed by atoms with van der Waals surface area (Å²) in [7, 11) is 0. The van der Waals surface area contributed by atoms with Gasteiger partial charge in [0, 0.05) is 18.8 Å². The van der Waals surface area contributed by atoms with Gasteiger partial charge in [0.15, 0.2) is 0 Å². The molecule has 1 aromatic rings. The number of nitrogens with zero attached hydrogens (tertiary/aromatic N) is 3. The minimum atomic E-state index is -0.593. The maximum atomic E-state index is 10.1. The monoisotopic (exact) mass is 280 g/mol. The third-order valence-corrected chi connectivity index (χ3v) is 3.65. The Balaban J connectivity index is 2.24. The van der Waals surface area contributed by atoms with Gasteiger partial charge >= 0.3 is 0 Å². The molecule has 1 aliphatic heterocycles. The molecule has 0 amide bonds. The van der Waals surface area contributed by atoms with E-state index in [4.69, 9.17) is 18.0 Å². The molecule has 0 spiro atoms. The molecule has 5 nitrogen and oxygen atoms in total. The lowest BCUT2D eigenvalue weighted by Gasteiger charge is -2.23. The number of nitrogens with two attached hydrogens (primary N) is 1. The van der Waals surface area contributed by atoms with E-state index in [1.807, 2.05) is 13.8 Å². The van der Waals surface area contributed by atoms with Gasteiger partial charge in [0.1, 0.15) is 10.7 Å². The van der Waals surface area contributed by atoms with Crippen LogP contribution in [0.25, 0.3) is 0 Å². The zero-order valence-electron chi connectivity index (χ0n) is 11.4. The van der Waals surface area contributed by atoms with Crippen LogP contribution in [0.1, 0.15) is 37.6 Å². The van der Waals surface area contributed by atoms with Crippen molar-refractivity contribution in [1.82, 2.24) is 9.97 Å². The fourth-order valence-corrected chi connectivity index (χ4v) is 2.39. The Kier molecular flexibility index (Phi) is 4.01. The highest BCUT2D eigenvalue weighted by molar-refractivity contribution is 7.80. The molecule has 1 aromatic heterocycles. The van der Waals surface area contributed by atoms with Gasteiger partial charge in [0.25, 0.3) is 0 Å². The number of anilines is 1. The van der Waals surface area contributed by atoms with Crippen LogP contribution in [0, 0.1) is 6.92 Å². The van der Waals surface area contributed by atoms with Gasteiger partial charge in [-0.25, -0.2) is 9.97 Å². The Morgan fingerprint density at radius 3 is 2.84 bits per heavy atom. The molecule has 0 aromatic carbocycles. The van der Waals surface area contributed by atoms with Gasteiger partial charge in [-0.2, -0.15) is 0 Å². The molecule has 0 aliphatic carbocycles. The predicted molar refractivity (Wildman–Crippen MR) is 79.3 cm³/mol. The average Bonchev–Trinajstić information content (AvgIpc) is 2.49. The van der Waals surface area contributed by atoms with Crippen molar-refractivity contribution in [3.8, 4) is 0 Å². The van der Waals surface area contributed by atoms with Crippen LogP contribution in [0.4, 0.5) is 5.95 Å². The molecule has 1 atom stereocenters. The van der Waals surface area contributed by atoms with Gasteiger partial charge in [-0.15, -0.1) is 0 Å². The van der Waals surface area contributed by atoms with Crippen LogP contribution < -0.4 is 10.6 Å². The molecule has 1 unspecified atom stereocenters. The van der Waals surface area contributed by atoms with Gasteiger partial charge in [-0.3, -0.25) is 0 Å². The number of hydrogen-bond donors (Lipinski definition) is 2. The summed E-state index contributed by atoms with van der Waals surface area (Å²) in [5.74, 6) is 0.653. The molecule has 6 heteroatoms. The molecule has 1 fully saturated rings. The van der Waals surface area contributed by atoms with Gasteiger partial charge in [-0.1, -0.05) is 12.2 Å². The van der Waals surface area contributed by atoms with Gasteiger partial charge < -0.3 is 15.7 Å². The largest absolute Gasteiger partial charge is 0.390 e. The highest BCUT2D eigenvalue weighted by Gasteiger charge is 2.26. The standard InChI is InChI=1S/C13H20N4OS/c1-9-8-10(11(14)19)16-12(15-9)17-6-3-4-13(2,18)5-7-17/h8,18H,3-7H2,1-2H3,(H2,14,19). The molecule has 0 saturated carbocycles. The van der Waals surface area contributed by atoms with Crippen molar-refractivity contribution in [2.45, 2.75) is 38.7 Å². The number of aryl methyl sites for hydroxylation is 1. The molecule has 1 saturated heterocycles. The first-order valence-electron chi connectivity index (χ1n) is 6.50. The van der Waals surface area contributed by atoms with Gasteiger partial charge in [-0.05, 0) is 39.2 Å². The normalized spacial score (nSPS) is 24.1. The Bertz CT molecular complexity index is 490. The van der Waals surface area contributed by atoms with E-state index in [0.717, 1.165) is 31.6 Å². The molecule has 2 rings (SSSR count). The van der Waals surface area contributed by atoms with Crippen LogP contribution in [0.15, 0.2) is 6.07 Å². The Labute approximate surface area is 118 Å². The van der Waals surface area contributed by atoms with E-state index in [0.29, 0.717) is 18.1 Å². The lowest BCUT2D eigenvalue weighted by molar-refractivity contribution is 0.0481. The third kappa shape index (κ3) is 3.61. The molecule has 0 radical (unpaired) electrons. The second kappa shape index (κ2) is 5.38. The van der Waals surface area contributed by atoms with Gasteiger partial charge in [0.05, 0.1) is 5.60 Å². The Hall–Kier alpha value is -1.27. The Morgan fingerprint density at radius 2 is 2.16 bits per heavy atom. The fourth-order valence-electron chi connectivity index (χ4n) is 2.28. The highest BCUT2D eigenvalue weighted by atomic mass is 32.1. The zero-order chi connectivity index (χ0) is 14.0. The molecule has 1 aliphatic rings. The molecule has 19 heavy (non-hydrogen) atoms. The summed E-state index contributed by atoms with van der Waals surface area (Å²) < 4.78 is 0. The van der Waals surface area contributed by atoms with Crippen molar-refractivity contribution >= 4 is 23.2 Å². The molecule has 0 bridgehead atoms. The van der Waals surface area contributed by atoms with Crippen LogP contribution in [0.5, 0.6) is 0 Å². The van der Waals surface area contributed by atoms with Crippen LogP contribution in [-0.4, -0.2) is 38.8 Å². The van der Waals surface area contributed by atoms with Crippen molar-refractivity contribution < 1.29 is 5.11 Å². The summed E-state index contributed by atoms with van der Waals surface area (Å²) in [6.45, 7) is 5.37. The molecule has 3 N–H and O–H groups in total. The van der Waals surface area contributed by atoms with Crippen molar-refractivity contribution in [2.75, 3.05) is 18.0 Å². The van der Waals surface area contributed by atoms with E-state index in [1.165, 1.54) is 0 Å². The van der Waals surface area contributed by atoms with Crippen LogP contribution in [0.3, 0.4) is 0 Å². The predicted octanol–water partition coefficient (Wildman–Crippen LogP) is 1.16. The maximum Gasteiger partial charge on any atom is 0.226 e. The lowest BCUT2D eigenvalue weighted by atomic mass is 9.98. The highest BCUT2D eigenvalue weighted by Crippen LogP contribution is 2.23. The fraction of sp³-hybridized carbons (Fsp3) is 0.615. The summed E-state index contributed by atoms with van der Waals surface area (Å²) >= 11 is 4.97. The van der Waals surface area contributed by atoms with Crippen LogP contribution in [-0.2, 0) is 0 Å². The van der Waals surface area contributed by atoms with E-state index in [-0.39, 0.29) is 4.99 Å². The summed E-state index contributed by atoms with van der Waals surface area (Å²) in [5, 5.41) is 10.1. The van der Waals surface area contributed by atoms with E-state index in [2.05, 4.69) is 14.9 Å². The summed E-state index contributed by atoms with van der Waals surface area (Å²) in [4.78, 5) is 11.2. The molecular weight excluding hydrogens is 260 g/mol.